The van der Waals surface area contributed by atoms with Gasteiger partial charge < -0.3 is 14.6 Å². The molecule has 0 amide bonds. The molecule has 132 valence electrons. The van der Waals surface area contributed by atoms with E-state index >= 15 is 0 Å². The molecule has 2 rings (SSSR count). The first-order valence-corrected chi connectivity index (χ1v) is 8.36. The summed E-state index contributed by atoms with van der Waals surface area (Å²) in [6, 6.07) is 12.9. The Hall–Kier alpha value is -2.75. The fourth-order valence-corrected chi connectivity index (χ4v) is 2.40. The molecule has 4 heteroatoms. The zero-order valence-corrected chi connectivity index (χ0v) is 15.1. The number of hydrogen-bond donors (Lipinski definition) is 1. The first-order chi connectivity index (χ1) is 11.9. The molecule has 0 aromatic heterocycles. The van der Waals surface area contributed by atoms with Crippen molar-refractivity contribution in [2.75, 3.05) is 6.61 Å². The van der Waals surface area contributed by atoms with Crippen LogP contribution >= 0.6 is 0 Å². The molecule has 0 aliphatic carbocycles. The van der Waals surface area contributed by atoms with Crippen molar-refractivity contribution in [3.8, 4) is 11.5 Å². The minimum absolute atomic E-state index is 0.0303. The van der Waals surface area contributed by atoms with Crippen LogP contribution in [-0.4, -0.2) is 23.8 Å². The van der Waals surface area contributed by atoms with Gasteiger partial charge in [0.05, 0.1) is 18.3 Å². The van der Waals surface area contributed by atoms with Gasteiger partial charge in [0.15, 0.2) is 11.5 Å². The summed E-state index contributed by atoms with van der Waals surface area (Å²) in [6.45, 7) is 8.27. The lowest BCUT2D eigenvalue weighted by Crippen LogP contribution is -2.07. The van der Waals surface area contributed by atoms with Gasteiger partial charge in [0.25, 0.3) is 0 Å². The summed E-state index contributed by atoms with van der Waals surface area (Å²) in [5.74, 6) is 0.295. The van der Waals surface area contributed by atoms with Gasteiger partial charge in [-0.1, -0.05) is 35.9 Å². The second-order valence-electron chi connectivity index (χ2n) is 6.03. The van der Waals surface area contributed by atoms with Crippen LogP contribution in [0.1, 0.15) is 37.5 Å². The highest BCUT2D eigenvalue weighted by atomic mass is 16.5. The summed E-state index contributed by atoms with van der Waals surface area (Å²) in [7, 11) is 0. The largest absolute Gasteiger partial charge is 0.490 e. The van der Waals surface area contributed by atoms with Gasteiger partial charge in [-0.15, -0.1) is 0 Å². The van der Waals surface area contributed by atoms with Crippen LogP contribution in [0, 0.1) is 6.92 Å². The predicted octanol–water partition coefficient (Wildman–Crippen LogP) is 4.81. The molecule has 0 radical (unpaired) electrons. The Bertz CT molecular complexity index is 758. The summed E-state index contributed by atoms with van der Waals surface area (Å²) >= 11 is 0. The molecule has 0 saturated carbocycles. The van der Waals surface area contributed by atoms with Crippen LogP contribution in [0.4, 0.5) is 0 Å². The van der Waals surface area contributed by atoms with E-state index in [-0.39, 0.29) is 11.7 Å². The average molecular weight is 340 g/mol. The molecule has 0 aliphatic rings. The first-order valence-electron chi connectivity index (χ1n) is 8.36. The summed E-state index contributed by atoms with van der Waals surface area (Å²) in [5.41, 5.74) is 2.73. The van der Waals surface area contributed by atoms with Gasteiger partial charge in [-0.2, -0.15) is 0 Å². The van der Waals surface area contributed by atoms with E-state index in [2.05, 4.69) is 0 Å². The monoisotopic (exact) mass is 340 g/mol. The summed E-state index contributed by atoms with van der Waals surface area (Å²) in [4.78, 5) is 11.7. The lowest BCUT2D eigenvalue weighted by atomic mass is 10.0. The van der Waals surface area contributed by atoms with Crippen molar-refractivity contribution in [2.45, 2.75) is 33.8 Å². The molecule has 1 N–H and O–H groups in total. The molecule has 0 unspecified atom stereocenters. The molecule has 25 heavy (non-hydrogen) atoms. The van der Waals surface area contributed by atoms with Crippen molar-refractivity contribution in [3.63, 3.8) is 0 Å². The Kier molecular flexibility index (Phi) is 6.23. The van der Waals surface area contributed by atoms with Gasteiger partial charge in [-0.3, -0.25) is 0 Å². The van der Waals surface area contributed by atoms with Crippen LogP contribution in [0.15, 0.2) is 42.5 Å². The van der Waals surface area contributed by atoms with Crippen molar-refractivity contribution in [3.05, 3.63) is 59.2 Å². The summed E-state index contributed by atoms with van der Waals surface area (Å²) < 4.78 is 11.4. The molecule has 0 heterocycles. The van der Waals surface area contributed by atoms with E-state index in [1.54, 1.807) is 12.1 Å². The maximum absolute atomic E-state index is 11.7. The Labute approximate surface area is 148 Å². The van der Waals surface area contributed by atoms with Crippen molar-refractivity contribution in [1.29, 1.82) is 0 Å². The topological polar surface area (TPSA) is 55.8 Å². The SMILES string of the molecule is CCOc1cc(/C=C(\C(=O)O)c2ccc(C)cc2)ccc1OC(C)C. The maximum atomic E-state index is 11.7. The fraction of sp³-hybridized carbons (Fsp3) is 0.286. The number of carboxylic acid groups (broad SMARTS) is 1. The molecule has 0 spiro atoms. The summed E-state index contributed by atoms with van der Waals surface area (Å²) in [6.07, 6.45) is 1.68. The minimum Gasteiger partial charge on any atom is -0.490 e. The van der Waals surface area contributed by atoms with E-state index < -0.39 is 5.97 Å². The van der Waals surface area contributed by atoms with Gasteiger partial charge in [-0.05, 0) is 57.0 Å². The van der Waals surface area contributed by atoms with Gasteiger partial charge >= 0.3 is 5.97 Å². The molecular formula is C21H24O4. The maximum Gasteiger partial charge on any atom is 0.336 e. The second-order valence-corrected chi connectivity index (χ2v) is 6.03. The molecule has 0 aliphatic heterocycles. The number of carbonyl (C=O) groups is 1. The fourth-order valence-electron chi connectivity index (χ4n) is 2.40. The molecule has 0 saturated heterocycles. The number of ether oxygens (including phenoxy) is 2. The molecule has 2 aromatic rings. The molecule has 0 bridgehead atoms. The number of carboxylic acids is 1. The van der Waals surface area contributed by atoms with Gasteiger partial charge in [-0.25, -0.2) is 4.79 Å². The number of rotatable bonds is 7. The average Bonchev–Trinajstić information content (AvgIpc) is 2.55. The normalized spacial score (nSPS) is 11.5. The Balaban J connectivity index is 2.43. The number of aryl methyl sites for hydroxylation is 1. The van der Waals surface area contributed by atoms with Gasteiger partial charge in [0, 0.05) is 0 Å². The van der Waals surface area contributed by atoms with Crippen LogP contribution in [0.2, 0.25) is 0 Å². The molecule has 2 aromatic carbocycles. The minimum atomic E-state index is -0.968. The third-order valence-corrected chi connectivity index (χ3v) is 3.53. The Morgan fingerprint density at radius 3 is 2.36 bits per heavy atom. The second kappa shape index (κ2) is 8.38. The van der Waals surface area contributed by atoms with Gasteiger partial charge in [0.2, 0.25) is 0 Å². The van der Waals surface area contributed by atoms with Crippen LogP contribution in [0.5, 0.6) is 11.5 Å². The van der Waals surface area contributed by atoms with Crippen LogP contribution in [-0.2, 0) is 4.79 Å². The van der Waals surface area contributed by atoms with Crippen molar-refractivity contribution in [2.24, 2.45) is 0 Å². The van der Waals surface area contributed by atoms with E-state index in [1.165, 1.54) is 0 Å². The predicted molar refractivity (Wildman–Crippen MR) is 100 cm³/mol. The molecule has 0 fully saturated rings. The lowest BCUT2D eigenvalue weighted by Gasteiger charge is -2.15. The third kappa shape index (κ3) is 5.11. The summed E-state index contributed by atoms with van der Waals surface area (Å²) in [5, 5.41) is 9.58. The number of benzene rings is 2. The number of aliphatic carboxylic acids is 1. The highest BCUT2D eigenvalue weighted by Crippen LogP contribution is 2.31. The standard InChI is InChI=1S/C21H24O4/c1-5-24-20-13-16(8-11-19(20)25-14(2)3)12-18(21(22)23)17-9-6-15(4)7-10-17/h6-14H,5H2,1-4H3,(H,22,23)/b18-12-. The van der Waals surface area contributed by atoms with Crippen LogP contribution < -0.4 is 9.47 Å². The smallest absolute Gasteiger partial charge is 0.336 e. The third-order valence-electron chi connectivity index (χ3n) is 3.53. The Morgan fingerprint density at radius 1 is 1.12 bits per heavy atom. The van der Waals surface area contributed by atoms with E-state index in [9.17, 15) is 9.90 Å². The van der Waals surface area contributed by atoms with Crippen molar-refractivity contribution in [1.82, 2.24) is 0 Å². The Morgan fingerprint density at radius 2 is 1.80 bits per heavy atom. The molecular weight excluding hydrogens is 316 g/mol. The highest BCUT2D eigenvalue weighted by molar-refractivity contribution is 6.20. The van der Waals surface area contributed by atoms with E-state index in [0.29, 0.717) is 23.7 Å². The van der Waals surface area contributed by atoms with Crippen LogP contribution in [0.25, 0.3) is 11.6 Å². The zero-order chi connectivity index (χ0) is 18.4. The number of hydrogen-bond acceptors (Lipinski definition) is 3. The highest BCUT2D eigenvalue weighted by Gasteiger charge is 2.12. The lowest BCUT2D eigenvalue weighted by molar-refractivity contribution is -0.130. The molecule has 4 nitrogen and oxygen atoms in total. The van der Waals surface area contributed by atoms with E-state index in [0.717, 1.165) is 11.1 Å². The van der Waals surface area contributed by atoms with Crippen molar-refractivity contribution >= 4 is 17.6 Å². The van der Waals surface area contributed by atoms with Crippen LogP contribution in [0.3, 0.4) is 0 Å². The van der Waals surface area contributed by atoms with Crippen molar-refractivity contribution < 1.29 is 19.4 Å². The zero-order valence-electron chi connectivity index (χ0n) is 15.1. The quantitative estimate of drug-likeness (QED) is 0.581. The van der Waals surface area contributed by atoms with Gasteiger partial charge in [0.1, 0.15) is 0 Å². The van der Waals surface area contributed by atoms with E-state index in [4.69, 9.17) is 9.47 Å². The first kappa shape index (κ1) is 18.6. The van der Waals surface area contributed by atoms with E-state index in [1.807, 2.05) is 64.1 Å². The molecule has 0 atom stereocenters.